The maximum absolute atomic E-state index is 10.8. The summed E-state index contributed by atoms with van der Waals surface area (Å²) in [5.74, 6) is -0.770. The molecule has 0 radical (unpaired) electrons. The van der Waals surface area contributed by atoms with Gasteiger partial charge in [0.25, 0.3) is 9.70 Å². The normalized spacial score (nSPS) is 13.7. The lowest BCUT2D eigenvalue weighted by molar-refractivity contribution is -0.120. The molecule has 1 amide bonds. The smallest absolute Gasteiger partial charge is 0.272 e. The maximum Gasteiger partial charge on any atom is 0.272 e. The molecule has 2 N–H and O–H groups in total. The molecule has 0 spiro atoms. The SMILES string of the molecule is C=CC(O)CNC(=O)C(Cl)(Cl)Cl. The van der Waals surface area contributed by atoms with E-state index in [1.807, 2.05) is 0 Å². The predicted octanol–water partition coefficient (Wildman–Crippen LogP) is 1.02. The molecule has 0 rings (SSSR count). The first-order valence-corrected chi connectivity index (χ1v) is 4.17. The minimum absolute atomic E-state index is 0.0176. The molecule has 3 nitrogen and oxygen atoms in total. The lowest BCUT2D eigenvalue weighted by Gasteiger charge is -2.12. The largest absolute Gasteiger partial charge is 0.387 e. The van der Waals surface area contributed by atoms with Crippen molar-refractivity contribution in [1.82, 2.24) is 5.32 Å². The van der Waals surface area contributed by atoms with Crippen molar-refractivity contribution in [3.8, 4) is 0 Å². The molecule has 0 saturated heterocycles. The summed E-state index contributed by atoms with van der Waals surface area (Å²) in [5, 5.41) is 11.1. The molecule has 1 atom stereocenters. The third-order valence-electron chi connectivity index (χ3n) is 1.00. The summed E-state index contributed by atoms with van der Waals surface area (Å²) in [4.78, 5) is 10.8. The van der Waals surface area contributed by atoms with Gasteiger partial charge in [-0.2, -0.15) is 0 Å². The zero-order valence-electron chi connectivity index (χ0n) is 6.06. The molecule has 0 aliphatic heterocycles. The van der Waals surface area contributed by atoms with Crippen molar-refractivity contribution in [2.45, 2.75) is 9.90 Å². The second-order valence-electron chi connectivity index (χ2n) is 2.01. The van der Waals surface area contributed by atoms with Crippen LogP contribution in [0.15, 0.2) is 12.7 Å². The molecule has 0 heterocycles. The second kappa shape index (κ2) is 4.92. The van der Waals surface area contributed by atoms with Crippen molar-refractivity contribution in [3.05, 3.63) is 12.7 Å². The van der Waals surface area contributed by atoms with Crippen molar-refractivity contribution in [2.75, 3.05) is 6.54 Å². The van der Waals surface area contributed by atoms with Gasteiger partial charge in [0.15, 0.2) is 0 Å². The van der Waals surface area contributed by atoms with Gasteiger partial charge in [0.1, 0.15) is 0 Å². The van der Waals surface area contributed by atoms with Crippen LogP contribution in [0, 0.1) is 0 Å². The van der Waals surface area contributed by atoms with Crippen LogP contribution in [0.5, 0.6) is 0 Å². The molecule has 70 valence electrons. The fourth-order valence-corrected chi connectivity index (χ4v) is 0.581. The van der Waals surface area contributed by atoms with Crippen molar-refractivity contribution < 1.29 is 9.90 Å². The molecule has 6 heteroatoms. The molecule has 0 bridgehead atoms. The number of amides is 1. The average Bonchev–Trinajstić information content (AvgIpc) is 1.97. The summed E-state index contributed by atoms with van der Waals surface area (Å²) >= 11 is 15.7. The Bertz CT molecular complexity index is 178. The summed E-state index contributed by atoms with van der Waals surface area (Å²) in [6.45, 7) is 3.28. The van der Waals surface area contributed by atoms with Crippen LogP contribution in [0.25, 0.3) is 0 Å². The average molecular weight is 232 g/mol. The van der Waals surface area contributed by atoms with E-state index in [1.165, 1.54) is 6.08 Å². The van der Waals surface area contributed by atoms with Gasteiger partial charge >= 0.3 is 0 Å². The van der Waals surface area contributed by atoms with E-state index in [4.69, 9.17) is 39.9 Å². The van der Waals surface area contributed by atoms with E-state index in [2.05, 4.69) is 11.9 Å². The van der Waals surface area contributed by atoms with Gasteiger partial charge in [-0.3, -0.25) is 4.79 Å². The van der Waals surface area contributed by atoms with E-state index in [1.54, 1.807) is 0 Å². The molecule has 12 heavy (non-hydrogen) atoms. The van der Waals surface area contributed by atoms with Gasteiger partial charge in [-0.05, 0) is 0 Å². The topological polar surface area (TPSA) is 49.3 Å². The first-order chi connectivity index (χ1) is 5.38. The summed E-state index contributed by atoms with van der Waals surface area (Å²) in [5.41, 5.74) is 0. The molecule has 0 aromatic rings. The minimum atomic E-state index is -1.99. The number of aliphatic hydroxyl groups excluding tert-OH is 1. The molecular weight excluding hydrogens is 224 g/mol. The third-order valence-corrected chi connectivity index (χ3v) is 1.52. The molecule has 0 aromatic heterocycles. The Morgan fingerprint density at radius 1 is 1.67 bits per heavy atom. The highest BCUT2D eigenvalue weighted by Gasteiger charge is 2.30. The molecule has 0 saturated carbocycles. The summed E-state index contributed by atoms with van der Waals surface area (Å²) in [6, 6.07) is 0. The Morgan fingerprint density at radius 3 is 2.50 bits per heavy atom. The zero-order valence-corrected chi connectivity index (χ0v) is 8.33. The van der Waals surface area contributed by atoms with Crippen LogP contribution < -0.4 is 5.32 Å². The van der Waals surface area contributed by atoms with Gasteiger partial charge < -0.3 is 10.4 Å². The van der Waals surface area contributed by atoms with E-state index < -0.39 is 15.8 Å². The van der Waals surface area contributed by atoms with E-state index >= 15 is 0 Å². The molecule has 0 fully saturated rings. The number of nitrogens with one attached hydrogen (secondary N) is 1. The van der Waals surface area contributed by atoms with Gasteiger partial charge in [-0.1, -0.05) is 40.9 Å². The molecule has 0 aliphatic rings. The monoisotopic (exact) mass is 231 g/mol. The summed E-state index contributed by atoms with van der Waals surface area (Å²) in [7, 11) is 0. The molecule has 0 aromatic carbocycles. The highest BCUT2D eigenvalue weighted by molar-refractivity contribution is 6.76. The van der Waals surface area contributed by atoms with E-state index in [0.717, 1.165) is 0 Å². The van der Waals surface area contributed by atoms with E-state index in [0.29, 0.717) is 0 Å². The number of aliphatic hydroxyl groups is 1. The van der Waals surface area contributed by atoms with Gasteiger partial charge in [-0.25, -0.2) is 0 Å². The molecule has 0 aliphatic carbocycles. The Labute approximate surface area is 85.3 Å². The number of halogens is 3. The Morgan fingerprint density at radius 2 is 2.17 bits per heavy atom. The quantitative estimate of drug-likeness (QED) is 0.564. The van der Waals surface area contributed by atoms with Crippen LogP contribution in [0.2, 0.25) is 0 Å². The maximum atomic E-state index is 10.8. The predicted molar refractivity (Wildman–Crippen MR) is 49.5 cm³/mol. The van der Waals surface area contributed by atoms with Gasteiger partial charge in [0.05, 0.1) is 6.10 Å². The lowest BCUT2D eigenvalue weighted by Crippen LogP contribution is -2.38. The van der Waals surface area contributed by atoms with Crippen LogP contribution in [-0.4, -0.2) is 27.5 Å². The fourth-order valence-electron chi connectivity index (χ4n) is 0.381. The van der Waals surface area contributed by atoms with Gasteiger partial charge in [0, 0.05) is 6.54 Å². The Balaban J connectivity index is 3.80. The number of hydrogen-bond acceptors (Lipinski definition) is 2. The molecular formula is C6H8Cl3NO2. The van der Waals surface area contributed by atoms with Crippen molar-refractivity contribution >= 4 is 40.7 Å². The Hall–Kier alpha value is 0.0400. The first-order valence-electron chi connectivity index (χ1n) is 3.03. The lowest BCUT2D eigenvalue weighted by atomic mass is 10.3. The summed E-state index contributed by atoms with van der Waals surface area (Å²) in [6.07, 6.45) is 0.430. The van der Waals surface area contributed by atoms with Crippen molar-refractivity contribution in [3.63, 3.8) is 0 Å². The number of carbonyl (C=O) groups excluding carboxylic acids is 1. The fraction of sp³-hybridized carbons (Fsp3) is 0.500. The van der Waals surface area contributed by atoms with Crippen molar-refractivity contribution in [2.24, 2.45) is 0 Å². The number of carbonyl (C=O) groups is 1. The zero-order chi connectivity index (χ0) is 9.78. The van der Waals surface area contributed by atoms with Crippen LogP contribution in [0.4, 0.5) is 0 Å². The van der Waals surface area contributed by atoms with Gasteiger partial charge in [-0.15, -0.1) is 6.58 Å². The third kappa shape index (κ3) is 4.83. The van der Waals surface area contributed by atoms with Gasteiger partial charge in [0.2, 0.25) is 0 Å². The van der Waals surface area contributed by atoms with Crippen LogP contribution in [0.3, 0.4) is 0 Å². The molecule has 1 unspecified atom stereocenters. The standard InChI is InChI=1S/C6H8Cl3NO2/c1-2-4(11)3-10-5(12)6(7,8)9/h2,4,11H,1,3H2,(H,10,12). The number of rotatable bonds is 3. The number of alkyl halides is 3. The first kappa shape index (κ1) is 12.0. The highest BCUT2D eigenvalue weighted by Crippen LogP contribution is 2.25. The highest BCUT2D eigenvalue weighted by atomic mass is 35.6. The Kier molecular flexibility index (Phi) is 4.94. The van der Waals surface area contributed by atoms with Crippen LogP contribution in [0.1, 0.15) is 0 Å². The van der Waals surface area contributed by atoms with Crippen LogP contribution in [-0.2, 0) is 4.79 Å². The van der Waals surface area contributed by atoms with E-state index in [9.17, 15) is 4.79 Å². The number of hydrogen-bond donors (Lipinski definition) is 2. The van der Waals surface area contributed by atoms with Crippen LogP contribution >= 0.6 is 34.8 Å². The summed E-state index contributed by atoms with van der Waals surface area (Å²) < 4.78 is -1.99. The minimum Gasteiger partial charge on any atom is -0.387 e. The van der Waals surface area contributed by atoms with Crippen molar-refractivity contribution in [1.29, 1.82) is 0 Å². The second-order valence-corrected chi connectivity index (χ2v) is 4.29. The van der Waals surface area contributed by atoms with E-state index in [-0.39, 0.29) is 6.54 Å².